The molecule has 0 aliphatic heterocycles. The van der Waals surface area contributed by atoms with Crippen molar-refractivity contribution in [1.29, 1.82) is 0 Å². The standard InChI is InChI=1S/C13H13NO3/c1-3-12(15)14(9-8-13(16)17)11-7-5-4-6-10(11)2/h1,4-7H,8-9H2,2H3,(H,16,17). The van der Waals surface area contributed by atoms with Crippen molar-refractivity contribution in [1.82, 2.24) is 0 Å². The summed E-state index contributed by atoms with van der Waals surface area (Å²) in [5, 5.41) is 8.64. The number of carboxylic acids is 1. The minimum absolute atomic E-state index is 0.0726. The molecule has 17 heavy (non-hydrogen) atoms. The summed E-state index contributed by atoms with van der Waals surface area (Å²) in [6, 6.07) is 7.20. The maximum absolute atomic E-state index is 11.6. The van der Waals surface area contributed by atoms with Crippen LogP contribution in [0.2, 0.25) is 0 Å². The van der Waals surface area contributed by atoms with Gasteiger partial charge in [-0.05, 0) is 24.5 Å². The van der Waals surface area contributed by atoms with Crippen molar-refractivity contribution >= 4 is 17.6 Å². The molecular weight excluding hydrogens is 218 g/mol. The molecular formula is C13H13NO3. The van der Waals surface area contributed by atoms with Crippen molar-refractivity contribution in [2.24, 2.45) is 0 Å². The highest BCUT2D eigenvalue weighted by Crippen LogP contribution is 2.19. The minimum Gasteiger partial charge on any atom is -0.481 e. The predicted octanol–water partition coefficient (Wildman–Crippen LogP) is 1.44. The van der Waals surface area contributed by atoms with Gasteiger partial charge in [-0.25, -0.2) is 0 Å². The van der Waals surface area contributed by atoms with Gasteiger partial charge < -0.3 is 10.0 Å². The van der Waals surface area contributed by atoms with Gasteiger partial charge in [-0.15, -0.1) is 6.42 Å². The van der Waals surface area contributed by atoms with Crippen molar-refractivity contribution < 1.29 is 14.7 Å². The number of carbonyl (C=O) groups excluding carboxylic acids is 1. The first kappa shape index (κ1) is 12.8. The number of aliphatic carboxylic acids is 1. The van der Waals surface area contributed by atoms with Gasteiger partial charge in [0.15, 0.2) is 0 Å². The molecule has 0 spiro atoms. The Labute approximate surface area is 99.9 Å². The highest BCUT2D eigenvalue weighted by molar-refractivity contribution is 6.06. The highest BCUT2D eigenvalue weighted by Gasteiger charge is 2.16. The van der Waals surface area contributed by atoms with Crippen molar-refractivity contribution in [3.63, 3.8) is 0 Å². The largest absolute Gasteiger partial charge is 0.481 e. The van der Waals surface area contributed by atoms with Crippen LogP contribution >= 0.6 is 0 Å². The first-order valence-electron chi connectivity index (χ1n) is 5.11. The molecule has 0 bridgehead atoms. The van der Waals surface area contributed by atoms with E-state index in [0.717, 1.165) is 5.56 Å². The molecule has 1 aromatic carbocycles. The Kier molecular flexibility index (Phi) is 4.29. The average molecular weight is 231 g/mol. The Morgan fingerprint density at radius 2 is 2.06 bits per heavy atom. The Morgan fingerprint density at radius 3 is 2.59 bits per heavy atom. The molecule has 0 saturated carbocycles. The van der Waals surface area contributed by atoms with E-state index in [4.69, 9.17) is 11.5 Å². The van der Waals surface area contributed by atoms with E-state index < -0.39 is 11.9 Å². The maximum atomic E-state index is 11.6. The van der Waals surface area contributed by atoms with Gasteiger partial charge in [0.25, 0.3) is 0 Å². The number of carboxylic acid groups (broad SMARTS) is 1. The van der Waals surface area contributed by atoms with Crippen LogP contribution < -0.4 is 4.90 Å². The van der Waals surface area contributed by atoms with Gasteiger partial charge in [-0.3, -0.25) is 9.59 Å². The summed E-state index contributed by atoms with van der Waals surface area (Å²) in [6.45, 7) is 1.91. The van der Waals surface area contributed by atoms with Crippen molar-refractivity contribution in [3.05, 3.63) is 29.8 Å². The molecule has 1 rings (SSSR count). The van der Waals surface area contributed by atoms with Crippen LogP contribution in [0.25, 0.3) is 0 Å². The second kappa shape index (κ2) is 5.71. The predicted molar refractivity (Wildman–Crippen MR) is 64.6 cm³/mol. The number of aryl methyl sites for hydroxylation is 1. The molecule has 0 heterocycles. The molecule has 1 aromatic rings. The van der Waals surface area contributed by atoms with E-state index in [1.807, 2.05) is 25.0 Å². The van der Waals surface area contributed by atoms with Gasteiger partial charge in [0.2, 0.25) is 0 Å². The van der Waals surface area contributed by atoms with E-state index in [1.54, 1.807) is 12.1 Å². The summed E-state index contributed by atoms with van der Waals surface area (Å²) >= 11 is 0. The first-order chi connectivity index (χ1) is 8.06. The van der Waals surface area contributed by atoms with E-state index >= 15 is 0 Å². The lowest BCUT2D eigenvalue weighted by Gasteiger charge is -2.21. The molecule has 0 unspecified atom stereocenters. The number of nitrogens with zero attached hydrogens (tertiary/aromatic N) is 1. The Bertz CT molecular complexity index is 474. The number of terminal acetylenes is 1. The number of benzene rings is 1. The van der Waals surface area contributed by atoms with Gasteiger partial charge in [-0.2, -0.15) is 0 Å². The van der Waals surface area contributed by atoms with Crippen LogP contribution in [0.15, 0.2) is 24.3 Å². The maximum Gasteiger partial charge on any atom is 0.305 e. The first-order valence-corrected chi connectivity index (χ1v) is 5.11. The monoisotopic (exact) mass is 231 g/mol. The molecule has 1 amide bonds. The fourth-order valence-electron chi connectivity index (χ4n) is 1.48. The fourth-order valence-corrected chi connectivity index (χ4v) is 1.48. The third kappa shape index (κ3) is 3.35. The van der Waals surface area contributed by atoms with E-state index in [2.05, 4.69) is 0 Å². The van der Waals surface area contributed by atoms with Crippen LogP contribution in [0.4, 0.5) is 5.69 Å². The Hall–Kier alpha value is -2.28. The van der Waals surface area contributed by atoms with Gasteiger partial charge in [0, 0.05) is 12.2 Å². The average Bonchev–Trinajstić information content (AvgIpc) is 2.30. The zero-order valence-electron chi connectivity index (χ0n) is 9.51. The van der Waals surface area contributed by atoms with Gasteiger partial charge in [0.05, 0.1) is 6.42 Å². The molecule has 0 fully saturated rings. The third-order valence-electron chi connectivity index (χ3n) is 2.32. The third-order valence-corrected chi connectivity index (χ3v) is 2.32. The van der Waals surface area contributed by atoms with Crippen molar-refractivity contribution in [2.75, 3.05) is 11.4 Å². The van der Waals surface area contributed by atoms with Crippen LogP contribution in [0.1, 0.15) is 12.0 Å². The Balaban J connectivity index is 2.99. The molecule has 88 valence electrons. The van der Waals surface area contributed by atoms with Crippen LogP contribution in [0, 0.1) is 19.3 Å². The van der Waals surface area contributed by atoms with Crippen LogP contribution in [0.3, 0.4) is 0 Å². The van der Waals surface area contributed by atoms with Crippen LogP contribution in [0.5, 0.6) is 0 Å². The number of para-hydroxylation sites is 1. The van der Waals surface area contributed by atoms with Crippen molar-refractivity contribution in [3.8, 4) is 12.3 Å². The number of amides is 1. The molecule has 0 aromatic heterocycles. The number of hydrogen-bond acceptors (Lipinski definition) is 2. The summed E-state index contributed by atoms with van der Waals surface area (Å²) < 4.78 is 0. The summed E-state index contributed by atoms with van der Waals surface area (Å²) in [5.41, 5.74) is 1.53. The van der Waals surface area contributed by atoms with E-state index in [9.17, 15) is 9.59 Å². The molecule has 4 nitrogen and oxygen atoms in total. The molecule has 1 N–H and O–H groups in total. The van der Waals surface area contributed by atoms with Crippen LogP contribution in [-0.4, -0.2) is 23.5 Å². The normalized spacial score (nSPS) is 9.41. The Morgan fingerprint density at radius 1 is 1.41 bits per heavy atom. The second-order valence-corrected chi connectivity index (χ2v) is 3.53. The molecule has 0 atom stereocenters. The van der Waals surface area contributed by atoms with Gasteiger partial charge in [-0.1, -0.05) is 18.2 Å². The molecule has 0 aliphatic rings. The summed E-state index contributed by atoms with van der Waals surface area (Å²) in [7, 11) is 0. The quantitative estimate of drug-likeness (QED) is 0.797. The van der Waals surface area contributed by atoms with Crippen molar-refractivity contribution in [2.45, 2.75) is 13.3 Å². The SMILES string of the molecule is C#CC(=O)N(CCC(=O)O)c1ccccc1C. The number of hydrogen-bond donors (Lipinski definition) is 1. The van der Waals surface area contributed by atoms with Gasteiger partial charge >= 0.3 is 11.9 Å². The van der Waals surface area contributed by atoms with Crippen LogP contribution in [-0.2, 0) is 9.59 Å². The lowest BCUT2D eigenvalue weighted by atomic mass is 10.1. The van der Waals surface area contributed by atoms with E-state index in [-0.39, 0.29) is 13.0 Å². The van der Waals surface area contributed by atoms with Gasteiger partial charge in [0.1, 0.15) is 0 Å². The smallest absolute Gasteiger partial charge is 0.305 e. The number of rotatable bonds is 4. The topological polar surface area (TPSA) is 57.6 Å². The molecule has 4 heteroatoms. The summed E-state index contributed by atoms with van der Waals surface area (Å²) in [5.74, 6) is 0.517. The molecule has 0 saturated heterocycles. The molecule has 0 radical (unpaired) electrons. The molecule has 0 aliphatic carbocycles. The number of anilines is 1. The second-order valence-electron chi connectivity index (χ2n) is 3.53. The summed E-state index contributed by atoms with van der Waals surface area (Å²) in [6.07, 6.45) is 4.94. The minimum atomic E-state index is -0.964. The lowest BCUT2D eigenvalue weighted by molar-refractivity contribution is -0.136. The number of carbonyl (C=O) groups is 2. The van der Waals surface area contributed by atoms with E-state index in [0.29, 0.717) is 5.69 Å². The zero-order chi connectivity index (χ0) is 12.8. The fraction of sp³-hybridized carbons (Fsp3) is 0.231. The lowest BCUT2D eigenvalue weighted by Crippen LogP contribution is -2.32. The summed E-state index contributed by atoms with van der Waals surface area (Å²) in [4.78, 5) is 23.4. The zero-order valence-corrected chi connectivity index (χ0v) is 9.51. The van der Waals surface area contributed by atoms with E-state index in [1.165, 1.54) is 4.90 Å². The highest BCUT2D eigenvalue weighted by atomic mass is 16.4.